The summed E-state index contributed by atoms with van der Waals surface area (Å²) in [7, 11) is 1.58. The van der Waals surface area contributed by atoms with E-state index in [1.807, 2.05) is 6.92 Å². The van der Waals surface area contributed by atoms with Crippen LogP contribution in [0.1, 0.15) is 45.4 Å². The van der Waals surface area contributed by atoms with Crippen molar-refractivity contribution in [2.75, 3.05) is 20.2 Å². The van der Waals surface area contributed by atoms with Crippen molar-refractivity contribution >= 4 is 34.3 Å². The highest BCUT2D eigenvalue weighted by Crippen LogP contribution is 2.50. The fourth-order valence-electron chi connectivity index (χ4n) is 5.68. The zero-order valence-corrected chi connectivity index (χ0v) is 21.6. The minimum Gasteiger partial charge on any atom is -0.464 e. The number of piperidine rings is 1. The van der Waals surface area contributed by atoms with Gasteiger partial charge in [0.05, 0.1) is 23.9 Å². The molecule has 3 atom stereocenters. The monoisotopic (exact) mass is 516 g/mol. The van der Waals surface area contributed by atoms with E-state index in [1.165, 1.54) is 0 Å². The molecule has 3 aromatic heterocycles. The van der Waals surface area contributed by atoms with Crippen LogP contribution in [0.25, 0.3) is 16.5 Å². The highest BCUT2D eigenvalue weighted by Gasteiger charge is 2.57. The van der Waals surface area contributed by atoms with Crippen LogP contribution >= 0.6 is 0 Å². The van der Waals surface area contributed by atoms with Gasteiger partial charge in [-0.15, -0.1) is 0 Å². The highest BCUT2D eigenvalue weighted by molar-refractivity contribution is 6.07. The van der Waals surface area contributed by atoms with E-state index in [0.29, 0.717) is 62.9 Å². The van der Waals surface area contributed by atoms with E-state index in [1.54, 1.807) is 67.0 Å². The number of fused-ring (bicyclic) bond motifs is 3. The standard InChI is InChI=1S/C28H28N4O6/c1-5-36-28(35)25-19-10-16(19)12-31(25)27(34)20-13-32-24(14(20)2)21(8-9-30-32)38-17-6-7-18-22(11-17)37-15(3)23(18)26(33)29-4/h6-9,11,13,16,19,25H,5,10,12H2,1-4H3,(H,29,33). The molecular weight excluding hydrogens is 488 g/mol. The van der Waals surface area contributed by atoms with Gasteiger partial charge in [0, 0.05) is 37.3 Å². The maximum atomic E-state index is 13.6. The summed E-state index contributed by atoms with van der Waals surface area (Å²) in [4.78, 5) is 40.2. The number of likely N-dealkylation sites (tertiary alicyclic amines) is 1. The second-order valence-electron chi connectivity index (χ2n) is 9.84. The fraction of sp³-hybridized carbons (Fsp3) is 0.357. The molecule has 1 saturated heterocycles. The van der Waals surface area contributed by atoms with Crippen molar-refractivity contribution in [1.29, 1.82) is 0 Å². The molecule has 3 unspecified atom stereocenters. The number of hydrogen-bond donors (Lipinski definition) is 1. The first-order chi connectivity index (χ1) is 18.3. The summed E-state index contributed by atoms with van der Waals surface area (Å²) >= 11 is 0. The average molecular weight is 517 g/mol. The van der Waals surface area contributed by atoms with Gasteiger partial charge in [0.25, 0.3) is 11.8 Å². The third kappa shape index (κ3) is 3.70. The minimum atomic E-state index is -0.540. The van der Waals surface area contributed by atoms with Crippen LogP contribution in [-0.4, -0.2) is 58.5 Å². The Morgan fingerprint density at radius 3 is 2.79 bits per heavy atom. The highest BCUT2D eigenvalue weighted by atomic mass is 16.5. The number of esters is 1. The lowest BCUT2D eigenvalue weighted by molar-refractivity contribution is -0.148. The first-order valence-corrected chi connectivity index (χ1v) is 12.7. The van der Waals surface area contributed by atoms with E-state index in [-0.39, 0.29) is 30.3 Å². The number of aromatic nitrogens is 2. The quantitative estimate of drug-likeness (QED) is 0.387. The molecule has 6 rings (SSSR count). The molecule has 0 radical (unpaired) electrons. The van der Waals surface area contributed by atoms with Crippen molar-refractivity contribution in [2.45, 2.75) is 33.2 Å². The average Bonchev–Trinajstić information content (AvgIpc) is 3.24. The van der Waals surface area contributed by atoms with Gasteiger partial charge < -0.3 is 24.1 Å². The Kier molecular flexibility index (Phi) is 5.62. The molecule has 4 aromatic rings. The van der Waals surface area contributed by atoms with E-state index >= 15 is 0 Å². The van der Waals surface area contributed by atoms with Gasteiger partial charge in [0.15, 0.2) is 5.75 Å². The number of benzene rings is 1. The molecule has 1 aliphatic heterocycles. The molecule has 38 heavy (non-hydrogen) atoms. The second kappa shape index (κ2) is 8.90. The molecule has 1 saturated carbocycles. The Morgan fingerprint density at radius 1 is 1.21 bits per heavy atom. The lowest BCUT2D eigenvalue weighted by Gasteiger charge is -2.25. The molecule has 2 aliphatic rings. The van der Waals surface area contributed by atoms with E-state index < -0.39 is 6.04 Å². The Hall–Kier alpha value is -4.34. The van der Waals surface area contributed by atoms with Crippen molar-refractivity contribution in [3.8, 4) is 11.5 Å². The molecule has 2 fully saturated rings. The Bertz CT molecular complexity index is 1620. The number of carbonyl (C=O) groups excluding carboxylic acids is 3. The SMILES string of the molecule is CCOC(=O)C1C2CC2CN1C(=O)c1cn2nccc(Oc3ccc4c(C(=O)NC)c(C)oc4c3)c2c1C. The van der Waals surface area contributed by atoms with Crippen molar-refractivity contribution in [3.63, 3.8) is 0 Å². The number of furan rings is 1. The molecule has 0 bridgehead atoms. The molecule has 10 nitrogen and oxygen atoms in total. The van der Waals surface area contributed by atoms with Gasteiger partial charge >= 0.3 is 5.97 Å². The number of amides is 2. The van der Waals surface area contributed by atoms with E-state index in [4.69, 9.17) is 13.9 Å². The normalized spacial score (nSPS) is 20.0. The largest absolute Gasteiger partial charge is 0.464 e. The van der Waals surface area contributed by atoms with Crippen LogP contribution < -0.4 is 10.1 Å². The number of hydrogen-bond acceptors (Lipinski definition) is 7. The van der Waals surface area contributed by atoms with Crippen LogP contribution in [0, 0.1) is 25.7 Å². The third-order valence-corrected chi connectivity index (χ3v) is 7.58. The third-order valence-electron chi connectivity index (χ3n) is 7.58. The summed E-state index contributed by atoms with van der Waals surface area (Å²) in [6.07, 6.45) is 4.23. The second-order valence-corrected chi connectivity index (χ2v) is 9.84. The van der Waals surface area contributed by atoms with Crippen molar-refractivity contribution in [2.24, 2.45) is 11.8 Å². The topological polar surface area (TPSA) is 115 Å². The summed E-state index contributed by atoms with van der Waals surface area (Å²) in [5.74, 6) is 1.32. The van der Waals surface area contributed by atoms with E-state index in [0.717, 1.165) is 6.42 Å². The number of nitrogens with zero attached hydrogens (tertiary/aromatic N) is 3. The summed E-state index contributed by atoms with van der Waals surface area (Å²) in [6, 6.07) is 6.48. The van der Waals surface area contributed by atoms with Crippen LogP contribution in [0.5, 0.6) is 11.5 Å². The zero-order chi connectivity index (χ0) is 26.7. The van der Waals surface area contributed by atoms with Gasteiger partial charge in [-0.2, -0.15) is 5.10 Å². The lowest BCUT2D eigenvalue weighted by atomic mass is 10.1. The van der Waals surface area contributed by atoms with Crippen LogP contribution in [0.2, 0.25) is 0 Å². The summed E-state index contributed by atoms with van der Waals surface area (Å²) in [5.41, 5.74) is 2.85. The summed E-state index contributed by atoms with van der Waals surface area (Å²) in [5, 5.41) is 7.72. The number of ether oxygens (including phenoxy) is 2. The Morgan fingerprint density at radius 2 is 2.03 bits per heavy atom. The molecule has 1 aliphatic carbocycles. The predicted octanol–water partition coefficient (Wildman–Crippen LogP) is 3.87. The smallest absolute Gasteiger partial charge is 0.329 e. The Balaban J connectivity index is 1.32. The molecule has 10 heteroatoms. The number of carbonyl (C=O) groups is 3. The molecule has 0 spiro atoms. The van der Waals surface area contributed by atoms with E-state index in [9.17, 15) is 14.4 Å². The van der Waals surface area contributed by atoms with Gasteiger partial charge in [-0.1, -0.05) is 0 Å². The number of aryl methyl sites for hydroxylation is 2. The number of nitrogens with one attached hydrogen (secondary N) is 1. The molecular formula is C28H28N4O6. The van der Waals surface area contributed by atoms with Gasteiger partial charge in [0.1, 0.15) is 28.7 Å². The van der Waals surface area contributed by atoms with Gasteiger partial charge in [-0.3, -0.25) is 9.59 Å². The fourth-order valence-corrected chi connectivity index (χ4v) is 5.68. The van der Waals surface area contributed by atoms with Crippen LogP contribution in [0.3, 0.4) is 0 Å². The number of rotatable bonds is 6. The molecule has 1 N–H and O–H groups in total. The van der Waals surface area contributed by atoms with Crippen LogP contribution in [0.4, 0.5) is 0 Å². The molecule has 196 valence electrons. The Labute approximate surface area is 218 Å². The van der Waals surface area contributed by atoms with Crippen molar-refractivity contribution < 1.29 is 28.3 Å². The zero-order valence-electron chi connectivity index (χ0n) is 21.6. The van der Waals surface area contributed by atoms with Crippen LogP contribution in [0.15, 0.2) is 41.1 Å². The van der Waals surface area contributed by atoms with Crippen LogP contribution in [-0.2, 0) is 9.53 Å². The van der Waals surface area contributed by atoms with Gasteiger partial charge in [-0.05, 0) is 56.7 Å². The first kappa shape index (κ1) is 24.0. The first-order valence-electron chi connectivity index (χ1n) is 12.7. The molecule has 4 heterocycles. The molecule has 1 aromatic carbocycles. The molecule has 2 amide bonds. The van der Waals surface area contributed by atoms with Crippen molar-refractivity contribution in [1.82, 2.24) is 19.8 Å². The van der Waals surface area contributed by atoms with E-state index in [2.05, 4.69) is 10.4 Å². The maximum Gasteiger partial charge on any atom is 0.329 e. The van der Waals surface area contributed by atoms with Gasteiger partial charge in [0.2, 0.25) is 0 Å². The van der Waals surface area contributed by atoms with Gasteiger partial charge in [-0.25, -0.2) is 9.31 Å². The summed E-state index contributed by atoms with van der Waals surface area (Å²) in [6.45, 7) is 6.20. The maximum absolute atomic E-state index is 13.6. The minimum absolute atomic E-state index is 0.177. The lowest BCUT2D eigenvalue weighted by Crippen LogP contribution is -2.44. The summed E-state index contributed by atoms with van der Waals surface area (Å²) < 4.78 is 18.9. The predicted molar refractivity (Wildman–Crippen MR) is 137 cm³/mol. The van der Waals surface area contributed by atoms with Crippen molar-refractivity contribution in [3.05, 3.63) is 59.1 Å².